The van der Waals surface area contributed by atoms with Crippen LogP contribution in [0.2, 0.25) is 0 Å². The summed E-state index contributed by atoms with van der Waals surface area (Å²) in [6.45, 7) is 1.69. The summed E-state index contributed by atoms with van der Waals surface area (Å²) in [6, 6.07) is 9.06. The van der Waals surface area contributed by atoms with Gasteiger partial charge in [0.1, 0.15) is 5.56 Å². The SMILES string of the molecule is Cc1c(C(=O)CC/C=C/c2ccc3c(c2)NC(=O)/C3=C\c2cnc[nH]2)c(=O)n(Cc2ccc(F)c(F)c2)n1C. The van der Waals surface area contributed by atoms with Crippen molar-refractivity contribution < 1.29 is 18.4 Å². The lowest BCUT2D eigenvalue weighted by Gasteiger charge is -2.08. The Labute approximate surface area is 222 Å². The molecule has 0 atom stereocenters. The summed E-state index contributed by atoms with van der Waals surface area (Å²) in [6.07, 6.45) is 9.16. The molecular weight excluding hydrogens is 504 g/mol. The molecular formula is C29H25F2N5O3. The van der Waals surface area contributed by atoms with E-state index in [-0.39, 0.29) is 30.2 Å². The number of H-pyrrole nitrogens is 1. The molecule has 0 fully saturated rings. The van der Waals surface area contributed by atoms with Crippen LogP contribution in [0.25, 0.3) is 17.7 Å². The van der Waals surface area contributed by atoms with Crippen LogP contribution in [0.3, 0.4) is 0 Å². The van der Waals surface area contributed by atoms with Crippen LogP contribution in [0.4, 0.5) is 14.5 Å². The average Bonchev–Trinajstić information content (AvgIpc) is 3.59. The molecule has 1 aliphatic heterocycles. The third-order valence-corrected chi connectivity index (χ3v) is 6.75. The molecule has 0 saturated carbocycles. The van der Waals surface area contributed by atoms with Gasteiger partial charge in [-0.15, -0.1) is 0 Å². The molecule has 0 radical (unpaired) electrons. The summed E-state index contributed by atoms with van der Waals surface area (Å²) in [7, 11) is 1.65. The standard InChI is InChI=1S/C29H25F2N5O3/c1-17-27(29(39)36(35(17)2)15-19-8-10-23(30)24(31)11-19)26(37)6-4-3-5-18-7-9-21-22(13-20-14-32-16-33-20)28(38)34-25(21)12-18/h3,5,7-14,16H,4,6,15H2,1-2H3,(H,32,33)(H,34,38)/b5-3+,22-13-. The molecule has 0 spiro atoms. The molecule has 8 nitrogen and oxygen atoms in total. The summed E-state index contributed by atoms with van der Waals surface area (Å²) in [5.74, 6) is -2.45. The average molecular weight is 530 g/mol. The first-order chi connectivity index (χ1) is 18.7. The number of nitrogens with zero attached hydrogens (tertiary/aromatic N) is 3. The van der Waals surface area contributed by atoms with Crippen LogP contribution >= 0.6 is 0 Å². The van der Waals surface area contributed by atoms with Gasteiger partial charge in [0, 0.05) is 30.4 Å². The maximum Gasteiger partial charge on any atom is 0.278 e. The van der Waals surface area contributed by atoms with Crippen molar-refractivity contribution in [2.75, 3.05) is 5.32 Å². The Hall–Kier alpha value is -4.86. The fourth-order valence-electron chi connectivity index (χ4n) is 4.59. The zero-order chi connectivity index (χ0) is 27.7. The normalized spacial score (nSPS) is 13.8. The lowest BCUT2D eigenvalue weighted by Crippen LogP contribution is -2.25. The van der Waals surface area contributed by atoms with Gasteiger partial charge in [0.05, 0.1) is 30.3 Å². The number of imidazole rings is 1. The molecule has 0 unspecified atom stereocenters. The molecule has 2 aromatic heterocycles. The summed E-state index contributed by atoms with van der Waals surface area (Å²) < 4.78 is 29.8. The van der Waals surface area contributed by atoms with E-state index >= 15 is 0 Å². The smallest absolute Gasteiger partial charge is 0.278 e. The van der Waals surface area contributed by atoms with E-state index in [2.05, 4.69) is 15.3 Å². The largest absolute Gasteiger partial charge is 0.345 e. The van der Waals surface area contributed by atoms with Crippen LogP contribution in [0.15, 0.2) is 59.8 Å². The lowest BCUT2D eigenvalue weighted by molar-refractivity contribution is -0.110. The maximum absolute atomic E-state index is 13.6. The van der Waals surface area contributed by atoms with Gasteiger partial charge in [-0.1, -0.05) is 30.4 Å². The summed E-state index contributed by atoms with van der Waals surface area (Å²) in [5.41, 5.74) is 4.15. The molecule has 10 heteroatoms. The van der Waals surface area contributed by atoms with E-state index in [9.17, 15) is 23.2 Å². The molecule has 2 N–H and O–H groups in total. The van der Waals surface area contributed by atoms with Gasteiger partial charge in [0.15, 0.2) is 17.4 Å². The number of ketones is 1. The molecule has 1 amide bonds. The Balaban J connectivity index is 1.25. The molecule has 4 aromatic rings. The maximum atomic E-state index is 13.6. The Morgan fingerprint density at radius 3 is 2.67 bits per heavy atom. The van der Waals surface area contributed by atoms with Crippen LogP contribution in [-0.4, -0.2) is 31.0 Å². The molecule has 2 aromatic carbocycles. The number of aromatic amines is 1. The Bertz CT molecular complexity index is 1710. The summed E-state index contributed by atoms with van der Waals surface area (Å²) >= 11 is 0. The number of hydrogen-bond donors (Lipinski definition) is 2. The van der Waals surface area contributed by atoms with Crippen LogP contribution in [0.5, 0.6) is 0 Å². The number of halogens is 2. The van der Waals surface area contributed by atoms with Crippen molar-refractivity contribution in [2.45, 2.75) is 26.3 Å². The van der Waals surface area contributed by atoms with Crippen molar-refractivity contribution in [1.29, 1.82) is 0 Å². The highest BCUT2D eigenvalue weighted by Gasteiger charge is 2.24. The molecule has 198 valence electrons. The van der Waals surface area contributed by atoms with Gasteiger partial charge in [-0.3, -0.25) is 19.1 Å². The molecule has 3 heterocycles. The number of amides is 1. The molecule has 1 aliphatic rings. The zero-order valence-electron chi connectivity index (χ0n) is 21.3. The molecule has 0 aliphatic carbocycles. The van der Waals surface area contributed by atoms with Crippen molar-refractivity contribution in [3.63, 3.8) is 0 Å². The third kappa shape index (κ3) is 5.13. The van der Waals surface area contributed by atoms with Crippen molar-refractivity contribution >= 4 is 35.1 Å². The number of hydrogen-bond acceptors (Lipinski definition) is 4. The number of carbonyl (C=O) groups is 2. The Kier molecular flexibility index (Phi) is 6.93. The Morgan fingerprint density at radius 1 is 1.10 bits per heavy atom. The van der Waals surface area contributed by atoms with Gasteiger partial charge < -0.3 is 10.3 Å². The summed E-state index contributed by atoms with van der Waals surface area (Å²) in [5, 5.41) is 2.87. The highest BCUT2D eigenvalue weighted by molar-refractivity contribution is 6.34. The van der Waals surface area contributed by atoms with E-state index in [1.165, 1.54) is 10.7 Å². The second-order valence-corrected chi connectivity index (χ2v) is 9.28. The summed E-state index contributed by atoms with van der Waals surface area (Å²) in [4.78, 5) is 45.3. The van der Waals surface area contributed by atoms with Gasteiger partial charge >= 0.3 is 0 Å². The highest BCUT2D eigenvalue weighted by atomic mass is 19.2. The third-order valence-electron chi connectivity index (χ3n) is 6.75. The van der Waals surface area contributed by atoms with Crippen molar-refractivity contribution in [3.8, 4) is 0 Å². The number of carbonyl (C=O) groups excluding carboxylic acids is 2. The molecule has 0 bridgehead atoms. The second kappa shape index (κ2) is 10.5. The van der Waals surface area contributed by atoms with E-state index < -0.39 is 17.2 Å². The topological polar surface area (TPSA) is 102 Å². The minimum Gasteiger partial charge on any atom is -0.345 e. The zero-order valence-corrected chi connectivity index (χ0v) is 21.3. The second-order valence-electron chi connectivity index (χ2n) is 9.28. The first-order valence-electron chi connectivity index (χ1n) is 12.3. The van der Waals surface area contributed by atoms with Crippen LogP contribution in [0, 0.1) is 18.6 Å². The van der Waals surface area contributed by atoms with Crippen molar-refractivity contribution in [3.05, 3.63) is 111 Å². The van der Waals surface area contributed by atoms with Gasteiger partial charge in [0.25, 0.3) is 11.5 Å². The van der Waals surface area contributed by atoms with Gasteiger partial charge in [-0.05, 0) is 48.7 Å². The number of fused-ring (bicyclic) bond motifs is 1. The molecule has 5 rings (SSSR count). The minimum atomic E-state index is -0.994. The number of allylic oxidation sites excluding steroid dienone is 1. The van der Waals surface area contributed by atoms with E-state index in [0.717, 1.165) is 29.0 Å². The van der Waals surface area contributed by atoms with E-state index in [4.69, 9.17) is 0 Å². The van der Waals surface area contributed by atoms with Gasteiger partial charge in [-0.2, -0.15) is 0 Å². The fourth-order valence-corrected chi connectivity index (χ4v) is 4.59. The molecule has 0 saturated heterocycles. The number of rotatable bonds is 8. The van der Waals surface area contributed by atoms with E-state index in [1.54, 1.807) is 37.3 Å². The number of Topliss-reactive ketones (excluding diaryl/α,β-unsaturated/α-hetero) is 1. The first kappa shape index (κ1) is 25.8. The lowest BCUT2D eigenvalue weighted by atomic mass is 10.0. The fraction of sp³-hybridized carbons (Fsp3) is 0.172. The predicted molar refractivity (Wildman–Crippen MR) is 144 cm³/mol. The van der Waals surface area contributed by atoms with Crippen LogP contribution in [0.1, 0.15) is 51.3 Å². The van der Waals surface area contributed by atoms with Crippen molar-refractivity contribution in [1.82, 2.24) is 19.3 Å². The van der Waals surface area contributed by atoms with E-state index in [0.29, 0.717) is 28.9 Å². The van der Waals surface area contributed by atoms with Crippen LogP contribution < -0.4 is 10.9 Å². The first-order valence-corrected chi connectivity index (χ1v) is 12.3. The van der Waals surface area contributed by atoms with Crippen LogP contribution in [-0.2, 0) is 18.4 Å². The minimum absolute atomic E-state index is 0.00815. The van der Waals surface area contributed by atoms with E-state index in [1.807, 2.05) is 30.4 Å². The van der Waals surface area contributed by atoms with Crippen molar-refractivity contribution in [2.24, 2.45) is 7.05 Å². The highest BCUT2D eigenvalue weighted by Crippen LogP contribution is 2.33. The number of anilines is 1. The predicted octanol–water partition coefficient (Wildman–Crippen LogP) is 4.71. The number of benzene rings is 2. The molecule has 39 heavy (non-hydrogen) atoms. The van der Waals surface area contributed by atoms with Gasteiger partial charge in [-0.25, -0.2) is 18.4 Å². The number of aromatic nitrogens is 4. The monoisotopic (exact) mass is 529 g/mol. The number of nitrogens with one attached hydrogen (secondary N) is 2. The van der Waals surface area contributed by atoms with Gasteiger partial charge in [0.2, 0.25) is 0 Å². The quantitative estimate of drug-likeness (QED) is 0.255. The Morgan fingerprint density at radius 2 is 1.92 bits per heavy atom.